The van der Waals surface area contributed by atoms with Crippen LogP contribution >= 0.6 is 11.6 Å². The molecule has 2 heterocycles. The van der Waals surface area contributed by atoms with Gasteiger partial charge in [0, 0.05) is 13.0 Å². The maximum atomic E-state index is 12.3. The number of aliphatic carboxylic acids is 1. The summed E-state index contributed by atoms with van der Waals surface area (Å²) in [6.07, 6.45) is -0.294. The normalized spacial score (nSPS) is 21.3. The van der Waals surface area contributed by atoms with Gasteiger partial charge in [0.1, 0.15) is 23.0 Å². The van der Waals surface area contributed by atoms with E-state index in [-0.39, 0.29) is 23.7 Å². The number of aliphatic hydroxyl groups is 1. The average molecular weight is 316 g/mol. The van der Waals surface area contributed by atoms with Gasteiger partial charge in [0.2, 0.25) is 0 Å². The van der Waals surface area contributed by atoms with E-state index in [9.17, 15) is 24.8 Å². The second-order valence-corrected chi connectivity index (χ2v) is 4.87. The van der Waals surface area contributed by atoms with Gasteiger partial charge in [-0.15, -0.1) is 0 Å². The Hall–Kier alpha value is -2.26. The smallest absolute Gasteiger partial charge is 0.326 e. The Labute approximate surface area is 122 Å². The molecule has 1 aliphatic heterocycles. The van der Waals surface area contributed by atoms with Gasteiger partial charge in [-0.1, -0.05) is 11.6 Å². The van der Waals surface area contributed by atoms with Crippen molar-refractivity contribution in [2.24, 2.45) is 0 Å². The first-order valence-corrected chi connectivity index (χ1v) is 6.21. The van der Waals surface area contributed by atoms with E-state index < -0.39 is 34.6 Å². The number of aliphatic hydroxyl groups excluding tert-OH is 1. The summed E-state index contributed by atoms with van der Waals surface area (Å²) in [4.78, 5) is 38.0. The lowest BCUT2D eigenvalue weighted by Gasteiger charge is -2.20. The van der Waals surface area contributed by atoms with Crippen molar-refractivity contribution in [2.75, 3.05) is 6.54 Å². The summed E-state index contributed by atoms with van der Waals surface area (Å²) >= 11 is 5.63. The number of hydrogen-bond acceptors (Lipinski definition) is 6. The summed E-state index contributed by atoms with van der Waals surface area (Å²) in [7, 11) is 0. The molecule has 9 nitrogen and oxygen atoms in total. The maximum Gasteiger partial charge on any atom is 0.326 e. The second-order valence-electron chi connectivity index (χ2n) is 4.48. The van der Waals surface area contributed by atoms with E-state index in [1.807, 2.05) is 0 Å². The Morgan fingerprint density at radius 2 is 2.19 bits per heavy atom. The predicted octanol–water partition coefficient (Wildman–Crippen LogP) is 0.303. The van der Waals surface area contributed by atoms with E-state index in [1.54, 1.807) is 0 Å². The number of halogens is 1. The Morgan fingerprint density at radius 1 is 1.52 bits per heavy atom. The molecule has 1 saturated heterocycles. The fraction of sp³-hybridized carbons (Fsp3) is 0.364. The van der Waals surface area contributed by atoms with Gasteiger partial charge in [0.25, 0.3) is 11.6 Å². The van der Waals surface area contributed by atoms with Gasteiger partial charge in [0.15, 0.2) is 0 Å². The van der Waals surface area contributed by atoms with Gasteiger partial charge in [-0.25, -0.2) is 9.78 Å². The van der Waals surface area contributed by atoms with Crippen LogP contribution in [-0.2, 0) is 4.79 Å². The Bertz CT molecular complexity index is 622. The van der Waals surface area contributed by atoms with Crippen LogP contribution in [0.3, 0.4) is 0 Å². The first-order chi connectivity index (χ1) is 9.81. The molecule has 0 aliphatic carbocycles. The van der Waals surface area contributed by atoms with Gasteiger partial charge in [0.05, 0.1) is 11.0 Å². The fourth-order valence-electron chi connectivity index (χ4n) is 2.17. The van der Waals surface area contributed by atoms with Crippen molar-refractivity contribution < 1.29 is 24.7 Å². The van der Waals surface area contributed by atoms with Crippen LogP contribution in [0, 0.1) is 10.1 Å². The molecule has 10 heteroatoms. The number of likely N-dealkylation sites (tertiary alicyclic amines) is 1. The van der Waals surface area contributed by atoms with E-state index in [0.717, 1.165) is 17.2 Å². The third kappa shape index (κ3) is 2.93. The highest BCUT2D eigenvalue weighted by Crippen LogP contribution is 2.26. The first-order valence-electron chi connectivity index (χ1n) is 5.83. The van der Waals surface area contributed by atoms with Crippen LogP contribution in [0.15, 0.2) is 12.3 Å². The van der Waals surface area contributed by atoms with Crippen LogP contribution in [0.1, 0.15) is 16.8 Å². The lowest BCUT2D eigenvalue weighted by Crippen LogP contribution is -2.40. The van der Waals surface area contributed by atoms with Crippen LogP contribution in [-0.4, -0.2) is 55.6 Å². The lowest BCUT2D eigenvalue weighted by molar-refractivity contribution is -0.385. The van der Waals surface area contributed by atoms with Crippen LogP contribution in [0.5, 0.6) is 0 Å². The van der Waals surface area contributed by atoms with E-state index >= 15 is 0 Å². The van der Waals surface area contributed by atoms with Crippen molar-refractivity contribution in [3.63, 3.8) is 0 Å². The summed E-state index contributed by atoms with van der Waals surface area (Å²) < 4.78 is 0. The number of nitrogens with zero attached hydrogens (tertiary/aromatic N) is 3. The number of nitro groups is 1. The number of β-amino-alcohol motifs (C(OH)–C–C–N with tert-alkyl or cyclic N) is 1. The number of hydrogen-bond donors (Lipinski definition) is 2. The monoisotopic (exact) mass is 315 g/mol. The minimum atomic E-state index is -1.29. The highest BCUT2D eigenvalue weighted by Gasteiger charge is 2.41. The van der Waals surface area contributed by atoms with Crippen molar-refractivity contribution in [1.29, 1.82) is 0 Å². The number of pyridine rings is 1. The van der Waals surface area contributed by atoms with Crippen LogP contribution in [0.2, 0.25) is 5.15 Å². The molecule has 1 aromatic heterocycles. The van der Waals surface area contributed by atoms with Crippen molar-refractivity contribution in [3.05, 3.63) is 33.1 Å². The molecule has 1 aromatic rings. The Balaban J connectivity index is 2.42. The van der Waals surface area contributed by atoms with Gasteiger partial charge in [-0.05, 0) is 6.07 Å². The molecule has 2 N–H and O–H groups in total. The molecule has 1 amide bonds. The zero-order chi connectivity index (χ0) is 15.7. The third-order valence-corrected chi connectivity index (χ3v) is 3.31. The molecule has 0 aromatic carbocycles. The molecular formula is C11H10ClN3O6. The van der Waals surface area contributed by atoms with Crippen LogP contribution in [0.25, 0.3) is 0 Å². The number of carbonyl (C=O) groups excluding carboxylic acids is 1. The van der Waals surface area contributed by atoms with Crippen LogP contribution in [0.4, 0.5) is 5.69 Å². The summed E-state index contributed by atoms with van der Waals surface area (Å²) in [5.41, 5.74) is -0.935. The number of aromatic nitrogens is 1. The second kappa shape index (κ2) is 5.62. The van der Waals surface area contributed by atoms with Crippen molar-refractivity contribution in [1.82, 2.24) is 9.88 Å². The zero-order valence-electron chi connectivity index (χ0n) is 10.5. The number of carboxylic acids is 1. The molecular weight excluding hydrogens is 306 g/mol. The van der Waals surface area contributed by atoms with Crippen molar-refractivity contribution in [3.8, 4) is 0 Å². The van der Waals surface area contributed by atoms with E-state index in [0.29, 0.717) is 0 Å². The van der Waals surface area contributed by atoms with E-state index in [4.69, 9.17) is 16.7 Å². The Morgan fingerprint density at radius 3 is 2.76 bits per heavy atom. The quantitative estimate of drug-likeness (QED) is 0.465. The molecule has 1 aliphatic rings. The summed E-state index contributed by atoms with van der Waals surface area (Å²) in [6.45, 7) is -0.215. The topological polar surface area (TPSA) is 134 Å². The molecule has 112 valence electrons. The minimum Gasteiger partial charge on any atom is -0.480 e. The highest BCUT2D eigenvalue weighted by molar-refractivity contribution is 6.29. The van der Waals surface area contributed by atoms with Gasteiger partial charge in [-0.3, -0.25) is 14.9 Å². The molecule has 2 atom stereocenters. The maximum absolute atomic E-state index is 12.3. The number of rotatable bonds is 3. The zero-order valence-corrected chi connectivity index (χ0v) is 11.2. The standard InChI is InChI=1S/C11H10ClN3O6/c12-9-2-6(8(3-13-9)15(20)21)10(17)14-4-5(16)1-7(14)11(18)19/h2-3,5,7,16H,1,4H2,(H,18,19). The van der Waals surface area contributed by atoms with Crippen molar-refractivity contribution in [2.45, 2.75) is 18.6 Å². The van der Waals surface area contributed by atoms with Crippen molar-refractivity contribution >= 4 is 29.2 Å². The highest BCUT2D eigenvalue weighted by atomic mass is 35.5. The van der Waals surface area contributed by atoms with Gasteiger partial charge < -0.3 is 15.1 Å². The Kier molecular flexibility index (Phi) is 4.05. The summed E-state index contributed by atoms with van der Waals surface area (Å²) in [5.74, 6) is -2.17. The minimum absolute atomic E-state index is 0.129. The average Bonchev–Trinajstić information content (AvgIpc) is 2.79. The number of carboxylic acid groups (broad SMARTS) is 1. The first kappa shape index (κ1) is 15.1. The van der Waals surface area contributed by atoms with E-state index in [1.165, 1.54) is 0 Å². The SMILES string of the molecule is O=C(O)C1CC(O)CN1C(=O)c1cc(Cl)ncc1[N+](=O)[O-]. The molecule has 0 saturated carbocycles. The summed E-state index contributed by atoms with van der Waals surface area (Å²) in [5, 5.41) is 29.4. The molecule has 0 bridgehead atoms. The molecule has 21 heavy (non-hydrogen) atoms. The molecule has 0 spiro atoms. The molecule has 2 unspecified atom stereocenters. The third-order valence-electron chi connectivity index (χ3n) is 3.10. The summed E-state index contributed by atoms with van der Waals surface area (Å²) in [6, 6.07) is -0.231. The van der Waals surface area contributed by atoms with Crippen LogP contribution < -0.4 is 0 Å². The predicted molar refractivity (Wildman–Crippen MR) is 69.0 cm³/mol. The van der Waals surface area contributed by atoms with E-state index in [2.05, 4.69) is 4.98 Å². The largest absolute Gasteiger partial charge is 0.480 e. The van der Waals surface area contributed by atoms with Gasteiger partial charge in [-0.2, -0.15) is 0 Å². The fourth-order valence-corrected chi connectivity index (χ4v) is 2.32. The molecule has 1 fully saturated rings. The lowest BCUT2D eigenvalue weighted by atomic mass is 10.1. The van der Waals surface area contributed by atoms with Gasteiger partial charge >= 0.3 is 5.97 Å². The number of amides is 1. The molecule has 2 rings (SSSR count). The number of carbonyl (C=O) groups is 2. The molecule has 0 radical (unpaired) electrons.